The molecule has 2 aliphatic rings. The maximum absolute atomic E-state index is 13.1. The molecule has 2 aromatic heterocycles. The van der Waals surface area contributed by atoms with E-state index in [-0.39, 0.29) is 21.9 Å². The number of pyridine rings is 1. The number of rotatable bonds is 6. The smallest absolute Gasteiger partial charge is 0.182 e. The van der Waals surface area contributed by atoms with E-state index >= 15 is 0 Å². The number of sulfone groups is 1. The van der Waals surface area contributed by atoms with E-state index in [0.29, 0.717) is 31.7 Å². The molecular formula is C29H38N6O3S. The molecule has 0 saturated carbocycles. The van der Waals surface area contributed by atoms with Gasteiger partial charge in [-0.3, -0.25) is 0 Å². The number of benzene rings is 1. The molecule has 1 aliphatic carbocycles. The predicted molar refractivity (Wildman–Crippen MR) is 153 cm³/mol. The Morgan fingerprint density at radius 3 is 2.69 bits per heavy atom. The van der Waals surface area contributed by atoms with Crippen molar-refractivity contribution in [1.29, 1.82) is 0 Å². The highest BCUT2D eigenvalue weighted by atomic mass is 32.2. The van der Waals surface area contributed by atoms with Gasteiger partial charge in [-0.05, 0) is 68.7 Å². The molecule has 208 valence electrons. The fourth-order valence-corrected chi connectivity index (χ4v) is 6.95. The van der Waals surface area contributed by atoms with E-state index < -0.39 is 15.4 Å². The Bertz CT molecular complexity index is 1500. The average Bonchev–Trinajstić information content (AvgIpc) is 3.08. The van der Waals surface area contributed by atoms with E-state index in [1.807, 2.05) is 18.2 Å². The summed E-state index contributed by atoms with van der Waals surface area (Å²) in [6.45, 7) is 10.1. The second-order valence-electron chi connectivity index (χ2n) is 12.2. The number of ether oxygens (including phenoxy) is 1. The number of aryl methyl sites for hydroxylation is 1. The summed E-state index contributed by atoms with van der Waals surface area (Å²) in [7, 11) is -3.66. The Morgan fingerprint density at radius 2 is 1.92 bits per heavy atom. The largest absolute Gasteiger partial charge is 0.491 e. The molecule has 0 saturated heterocycles. The Balaban J connectivity index is 1.46. The number of anilines is 2. The molecule has 1 aliphatic heterocycles. The van der Waals surface area contributed by atoms with Gasteiger partial charge in [0.1, 0.15) is 35.2 Å². The topological polar surface area (TPSA) is 137 Å². The number of nitrogen functional groups attached to an aromatic ring is 1. The van der Waals surface area contributed by atoms with Crippen LogP contribution in [0.3, 0.4) is 0 Å². The second kappa shape index (κ2) is 10.1. The van der Waals surface area contributed by atoms with Gasteiger partial charge in [-0.15, -0.1) is 0 Å². The summed E-state index contributed by atoms with van der Waals surface area (Å²) in [5, 5.41) is 0. The van der Waals surface area contributed by atoms with Gasteiger partial charge in [0.25, 0.3) is 0 Å². The summed E-state index contributed by atoms with van der Waals surface area (Å²) >= 11 is 0. The summed E-state index contributed by atoms with van der Waals surface area (Å²) in [5.41, 5.74) is 16.5. The first-order chi connectivity index (χ1) is 18.3. The van der Waals surface area contributed by atoms with Crippen molar-refractivity contribution in [2.75, 3.05) is 29.5 Å². The minimum Gasteiger partial charge on any atom is -0.491 e. The molecule has 4 N–H and O–H groups in total. The first kappa shape index (κ1) is 27.3. The van der Waals surface area contributed by atoms with Crippen LogP contribution in [0, 0.1) is 5.41 Å². The van der Waals surface area contributed by atoms with Crippen LogP contribution in [0.2, 0.25) is 0 Å². The third kappa shape index (κ3) is 6.01. The lowest BCUT2D eigenvalue weighted by Gasteiger charge is -2.33. The van der Waals surface area contributed by atoms with Crippen molar-refractivity contribution in [1.82, 2.24) is 15.0 Å². The van der Waals surface area contributed by atoms with Crippen LogP contribution in [0.15, 0.2) is 41.7 Å². The highest BCUT2D eigenvalue weighted by Crippen LogP contribution is 2.39. The number of hydrogen-bond acceptors (Lipinski definition) is 9. The van der Waals surface area contributed by atoms with Crippen molar-refractivity contribution < 1.29 is 13.2 Å². The summed E-state index contributed by atoms with van der Waals surface area (Å²) in [6, 6.07) is 7.52. The van der Waals surface area contributed by atoms with Crippen LogP contribution in [0.1, 0.15) is 57.4 Å². The zero-order chi connectivity index (χ0) is 28.0. The molecular weight excluding hydrogens is 512 g/mol. The fourth-order valence-electron chi connectivity index (χ4n) is 5.26. The molecule has 0 atom stereocenters. The van der Waals surface area contributed by atoms with Gasteiger partial charge in [-0.1, -0.05) is 19.9 Å². The monoisotopic (exact) mass is 550 g/mol. The maximum atomic E-state index is 13.1. The van der Waals surface area contributed by atoms with Crippen LogP contribution in [0.5, 0.6) is 5.75 Å². The molecule has 0 spiro atoms. The number of nitrogens with zero attached hydrogens (tertiary/aromatic N) is 4. The van der Waals surface area contributed by atoms with E-state index in [2.05, 4.69) is 28.7 Å². The van der Waals surface area contributed by atoms with Gasteiger partial charge < -0.3 is 21.1 Å². The summed E-state index contributed by atoms with van der Waals surface area (Å²) in [4.78, 5) is 15.8. The van der Waals surface area contributed by atoms with Gasteiger partial charge >= 0.3 is 0 Å². The highest BCUT2D eigenvalue weighted by molar-refractivity contribution is 7.91. The normalized spacial score (nSPS) is 17.1. The van der Waals surface area contributed by atoms with Crippen molar-refractivity contribution in [3.63, 3.8) is 0 Å². The van der Waals surface area contributed by atoms with Gasteiger partial charge in [0.05, 0.1) is 12.3 Å². The molecule has 0 radical (unpaired) electrons. The van der Waals surface area contributed by atoms with E-state index in [4.69, 9.17) is 21.2 Å². The van der Waals surface area contributed by atoms with Crippen LogP contribution < -0.4 is 21.1 Å². The van der Waals surface area contributed by atoms with Crippen molar-refractivity contribution in [3.05, 3.63) is 53.6 Å². The predicted octanol–water partition coefficient (Wildman–Crippen LogP) is 3.94. The standard InChI is InChI=1S/C29H38N6O3S/c1-28(2)8-7-23-22(15-28)27(34-18-33-23)35-10-11-38-24-6-5-19(13-21(24)17-35)20-14-25(26(30)32-16-20)39(36,37)12-9-29(3,4)31/h5-6,13-14,16,18H,7-12,15,17,31H2,1-4H3,(H2,30,32). The lowest BCUT2D eigenvalue weighted by Crippen LogP contribution is -2.34. The molecule has 0 amide bonds. The van der Waals surface area contributed by atoms with E-state index in [1.54, 1.807) is 32.4 Å². The van der Waals surface area contributed by atoms with Crippen molar-refractivity contribution >= 4 is 21.5 Å². The van der Waals surface area contributed by atoms with Gasteiger partial charge in [-0.2, -0.15) is 0 Å². The van der Waals surface area contributed by atoms with Crippen LogP contribution >= 0.6 is 0 Å². The molecule has 0 unspecified atom stereocenters. The first-order valence-corrected chi connectivity index (χ1v) is 15.1. The Labute approximate surface area is 230 Å². The van der Waals surface area contributed by atoms with E-state index in [0.717, 1.165) is 47.7 Å². The lowest BCUT2D eigenvalue weighted by atomic mass is 9.76. The molecule has 0 fully saturated rings. The molecule has 3 heterocycles. The molecule has 39 heavy (non-hydrogen) atoms. The van der Waals surface area contributed by atoms with Gasteiger partial charge in [-0.25, -0.2) is 23.4 Å². The Kier molecular flexibility index (Phi) is 7.05. The quantitative estimate of drug-likeness (QED) is 0.467. The third-order valence-corrected chi connectivity index (χ3v) is 9.35. The molecule has 3 aromatic rings. The van der Waals surface area contributed by atoms with Gasteiger partial charge in [0.15, 0.2) is 9.84 Å². The summed E-state index contributed by atoms with van der Waals surface area (Å²) < 4.78 is 32.3. The van der Waals surface area contributed by atoms with Crippen molar-refractivity contribution in [2.45, 2.75) is 70.4 Å². The number of nitrogens with two attached hydrogens (primary N) is 2. The minimum absolute atomic E-state index is 0.00527. The summed E-state index contributed by atoms with van der Waals surface area (Å²) in [6.07, 6.45) is 6.61. The zero-order valence-electron chi connectivity index (χ0n) is 23.2. The fraction of sp³-hybridized carbons (Fsp3) is 0.483. The molecule has 10 heteroatoms. The molecule has 5 rings (SSSR count). The van der Waals surface area contributed by atoms with Crippen LogP contribution in [0.25, 0.3) is 11.1 Å². The van der Waals surface area contributed by atoms with Crippen LogP contribution in [0.4, 0.5) is 11.6 Å². The van der Waals surface area contributed by atoms with Crippen LogP contribution in [-0.2, 0) is 29.2 Å². The average molecular weight is 551 g/mol. The van der Waals surface area contributed by atoms with Gasteiger partial charge in [0.2, 0.25) is 0 Å². The number of aromatic nitrogens is 3. The molecule has 0 bridgehead atoms. The first-order valence-electron chi connectivity index (χ1n) is 13.4. The molecule has 1 aromatic carbocycles. The second-order valence-corrected chi connectivity index (χ2v) is 14.3. The zero-order valence-corrected chi connectivity index (χ0v) is 24.0. The van der Waals surface area contributed by atoms with Crippen molar-refractivity contribution in [2.24, 2.45) is 11.1 Å². The van der Waals surface area contributed by atoms with E-state index in [9.17, 15) is 8.42 Å². The van der Waals surface area contributed by atoms with Crippen molar-refractivity contribution in [3.8, 4) is 16.9 Å². The lowest BCUT2D eigenvalue weighted by molar-refractivity contribution is 0.310. The van der Waals surface area contributed by atoms with E-state index in [1.165, 1.54) is 5.56 Å². The third-order valence-electron chi connectivity index (χ3n) is 7.61. The molecule has 9 nitrogen and oxygen atoms in total. The Morgan fingerprint density at radius 1 is 1.13 bits per heavy atom. The van der Waals surface area contributed by atoms with Crippen LogP contribution in [-0.4, -0.2) is 47.8 Å². The number of hydrogen-bond donors (Lipinski definition) is 2. The number of fused-ring (bicyclic) bond motifs is 2. The minimum atomic E-state index is -3.66. The maximum Gasteiger partial charge on any atom is 0.182 e. The summed E-state index contributed by atoms with van der Waals surface area (Å²) in [5.74, 6) is 1.68. The Hall–Kier alpha value is -3.24. The highest BCUT2D eigenvalue weighted by Gasteiger charge is 2.31. The SMILES string of the molecule is CC(C)(N)CCS(=O)(=O)c1cc(-c2ccc3c(c2)CN(c2ncnc4c2CC(C)(C)CC4)CCO3)cnc1N. The van der Waals surface area contributed by atoms with Gasteiger partial charge in [0, 0.05) is 40.7 Å².